The Bertz CT molecular complexity index is 1330. The van der Waals surface area contributed by atoms with Crippen LogP contribution in [0.1, 0.15) is 65.2 Å². The van der Waals surface area contributed by atoms with Crippen LogP contribution in [0.3, 0.4) is 0 Å². The standard InChI is InChI=1S/C27H33N3O7S/c1-16-6-8-18(9-7-16)25-24(26(33)28-2)21-14-20(17-10-11-17)22(29-27(21)37-25)15-30(38(34)35)12-4-5-19(36-3)13-23(31)32/h6-9,14,17,19H,4-5,10-13,15H2,1-3H3,(H,28,33)(H,31,32)(H,34,35)/p-1. The summed E-state index contributed by atoms with van der Waals surface area (Å²) >= 11 is -2.51. The number of nitrogens with zero attached hydrogens (tertiary/aromatic N) is 2. The average Bonchev–Trinajstić information content (AvgIpc) is 3.67. The zero-order valence-corrected chi connectivity index (χ0v) is 22.5. The second kappa shape index (κ2) is 12.2. The molecule has 2 heterocycles. The van der Waals surface area contributed by atoms with Gasteiger partial charge in [-0.1, -0.05) is 29.8 Å². The van der Waals surface area contributed by atoms with Crippen LogP contribution in [0.15, 0.2) is 34.7 Å². The number of methoxy groups -OCH3 is 1. The van der Waals surface area contributed by atoms with Crippen molar-refractivity contribution < 1.29 is 32.6 Å². The second-order valence-electron chi connectivity index (χ2n) is 9.58. The number of rotatable bonds is 13. The van der Waals surface area contributed by atoms with E-state index in [0.717, 1.165) is 29.5 Å². The van der Waals surface area contributed by atoms with E-state index in [4.69, 9.17) is 19.2 Å². The van der Waals surface area contributed by atoms with E-state index in [0.29, 0.717) is 35.2 Å². The Morgan fingerprint density at radius 3 is 2.61 bits per heavy atom. The fourth-order valence-electron chi connectivity index (χ4n) is 4.57. The molecule has 3 aromatic rings. The monoisotopic (exact) mass is 542 g/mol. The van der Waals surface area contributed by atoms with Crippen LogP contribution in [-0.2, 0) is 27.3 Å². The van der Waals surface area contributed by atoms with Crippen molar-refractivity contribution in [2.75, 3.05) is 20.7 Å². The zero-order chi connectivity index (χ0) is 27.4. The number of nitrogens with one attached hydrogen (secondary N) is 1. The number of ether oxygens (including phenoxy) is 1. The molecule has 4 rings (SSSR count). The lowest BCUT2D eigenvalue weighted by atomic mass is 10.0. The van der Waals surface area contributed by atoms with E-state index in [2.05, 4.69) is 5.32 Å². The maximum Gasteiger partial charge on any atom is 0.305 e. The van der Waals surface area contributed by atoms with Gasteiger partial charge in [0, 0.05) is 37.5 Å². The number of benzene rings is 1. The fourth-order valence-corrected chi connectivity index (χ4v) is 5.08. The van der Waals surface area contributed by atoms with Gasteiger partial charge in [-0.05, 0) is 50.2 Å². The molecule has 0 radical (unpaired) electrons. The highest BCUT2D eigenvalue weighted by atomic mass is 32.2. The first kappa shape index (κ1) is 27.9. The Kier molecular flexibility index (Phi) is 8.93. The molecule has 10 nitrogen and oxygen atoms in total. The van der Waals surface area contributed by atoms with E-state index in [1.807, 2.05) is 37.3 Å². The number of aliphatic carboxylic acids is 1. The number of aryl methyl sites for hydroxylation is 1. The quantitative estimate of drug-likeness (QED) is 0.309. The van der Waals surface area contributed by atoms with Gasteiger partial charge in [-0.3, -0.25) is 13.8 Å². The number of hydrogen-bond donors (Lipinski definition) is 2. The maximum atomic E-state index is 12.9. The highest BCUT2D eigenvalue weighted by molar-refractivity contribution is 7.76. The third-order valence-corrected chi connectivity index (χ3v) is 7.52. The number of carboxylic acids is 1. The molecule has 204 valence electrons. The number of carbonyl (C=O) groups excluding carboxylic acids is 1. The summed E-state index contributed by atoms with van der Waals surface area (Å²) in [5, 5.41) is 12.3. The minimum absolute atomic E-state index is 0.0460. The van der Waals surface area contributed by atoms with Crippen molar-refractivity contribution in [3.8, 4) is 11.3 Å². The van der Waals surface area contributed by atoms with Crippen LogP contribution in [-0.4, -0.2) is 61.8 Å². The van der Waals surface area contributed by atoms with Crippen molar-refractivity contribution in [1.82, 2.24) is 14.6 Å². The third kappa shape index (κ3) is 6.47. The molecule has 1 saturated carbocycles. The van der Waals surface area contributed by atoms with Gasteiger partial charge in [0.2, 0.25) is 5.71 Å². The molecule has 1 aliphatic rings. The van der Waals surface area contributed by atoms with Gasteiger partial charge in [-0.15, -0.1) is 0 Å². The number of hydrogen-bond acceptors (Lipinski definition) is 7. The smallest absolute Gasteiger partial charge is 0.305 e. The van der Waals surface area contributed by atoms with E-state index in [1.54, 1.807) is 7.05 Å². The van der Waals surface area contributed by atoms with Crippen LogP contribution in [0.4, 0.5) is 0 Å². The normalized spacial score (nSPS) is 15.1. The Morgan fingerprint density at radius 1 is 1.32 bits per heavy atom. The Morgan fingerprint density at radius 2 is 2.03 bits per heavy atom. The first-order valence-electron chi connectivity index (χ1n) is 12.6. The van der Waals surface area contributed by atoms with Gasteiger partial charge in [0.25, 0.3) is 5.91 Å². The van der Waals surface area contributed by atoms with Gasteiger partial charge in [0.05, 0.1) is 35.7 Å². The summed E-state index contributed by atoms with van der Waals surface area (Å²) in [6.07, 6.45) is 2.13. The molecule has 38 heavy (non-hydrogen) atoms. The van der Waals surface area contributed by atoms with Gasteiger partial charge < -0.3 is 24.1 Å². The number of fused-ring (bicyclic) bond motifs is 1. The van der Waals surface area contributed by atoms with Gasteiger partial charge in [-0.25, -0.2) is 9.29 Å². The van der Waals surface area contributed by atoms with Crippen LogP contribution >= 0.6 is 0 Å². The number of carboxylic acid groups (broad SMARTS) is 1. The van der Waals surface area contributed by atoms with Crippen LogP contribution in [0.2, 0.25) is 0 Å². The van der Waals surface area contributed by atoms with Crippen LogP contribution in [0.25, 0.3) is 22.4 Å². The zero-order valence-electron chi connectivity index (χ0n) is 21.7. The minimum atomic E-state index is -2.51. The van der Waals surface area contributed by atoms with Gasteiger partial charge in [0.1, 0.15) is 5.76 Å². The van der Waals surface area contributed by atoms with E-state index < -0.39 is 23.3 Å². The molecule has 2 atom stereocenters. The lowest BCUT2D eigenvalue weighted by molar-refractivity contribution is -0.139. The van der Waals surface area contributed by atoms with Gasteiger partial charge >= 0.3 is 5.97 Å². The maximum absolute atomic E-state index is 12.9. The topological polar surface area (TPSA) is 145 Å². The summed E-state index contributed by atoms with van der Waals surface area (Å²) in [6.45, 7) is 2.21. The first-order chi connectivity index (χ1) is 18.2. The van der Waals surface area contributed by atoms with Gasteiger partial charge in [-0.2, -0.15) is 0 Å². The molecule has 1 amide bonds. The summed E-state index contributed by atoms with van der Waals surface area (Å²) in [4.78, 5) is 28.7. The van der Waals surface area contributed by atoms with Crippen molar-refractivity contribution >= 4 is 34.2 Å². The van der Waals surface area contributed by atoms with E-state index in [-0.39, 0.29) is 37.0 Å². The van der Waals surface area contributed by atoms with Gasteiger partial charge in [0.15, 0.2) is 0 Å². The highest BCUT2D eigenvalue weighted by Crippen LogP contribution is 2.44. The van der Waals surface area contributed by atoms with Crippen molar-refractivity contribution in [3.05, 3.63) is 52.7 Å². The van der Waals surface area contributed by atoms with E-state index in [1.165, 1.54) is 11.4 Å². The predicted octanol–water partition coefficient (Wildman–Crippen LogP) is 3.91. The van der Waals surface area contributed by atoms with E-state index in [9.17, 15) is 18.4 Å². The lowest BCUT2D eigenvalue weighted by Gasteiger charge is -2.25. The second-order valence-corrected chi connectivity index (χ2v) is 10.5. The van der Waals surface area contributed by atoms with Crippen molar-refractivity contribution in [3.63, 3.8) is 0 Å². The first-order valence-corrected chi connectivity index (χ1v) is 13.6. The Labute approximate surface area is 223 Å². The summed E-state index contributed by atoms with van der Waals surface area (Å²) in [5.74, 6) is -0.592. The van der Waals surface area contributed by atoms with Crippen LogP contribution in [0.5, 0.6) is 0 Å². The summed E-state index contributed by atoms with van der Waals surface area (Å²) < 4.78 is 36.8. The number of amides is 1. The summed E-state index contributed by atoms with van der Waals surface area (Å²) in [6, 6.07) is 9.58. The molecule has 2 aromatic heterocycles. The molecular formula is C27H32N3O7S-. The lowest BCUT2D eigenvalue weighted by Crippen LogP contribution is -2.28. The van der Waals surface area contributed by atoms with Crippen LogP contribution in [0, 0.1) is 6.92 Å². The third-order valence-electron chi connectivity index (χ3n) is 6.79. The molecule has 1 fully saturated rings. The molecule has 0 spiro atoms. The van der Waals surface area contributed by atoms with Crippen LogP contribution < -0.4 is 5.32 Å². The number of furan rings is 1. The molecule has 1 aliphatic carbocycles. The number of pyridine rings is 1. The molecule has 0 saturated heterocycles. The Hall–Kier alpha value is -3.12. The molecule has 2 N–H and O–H groups in total. The minimum Gasteiger partial charge on any atom is -0.760 e. The van der Waals surface area contributed by atoms with Crippen molar-refractivity contribution in [1.29, 1.82) is 0 Å². The molecule has 11 heteroatoms. The van der Waals surface area contributed by atoms with Crippen molar-refractivity contribution in [2.45, 2.75) is 57.6 Å². The summed E-state index contributed by atoms with van der Waals surface area (Å²) in [5.41, 5.74) is 4.00. The molecule has 0 bridgehead atoms. The highest BCUT2D eigenvalue weighted by Gasteiger charge is 2.31. The Balaban J connectivity index is 1.67. The average molecular weight is 543 g/mol. The number of aromatic nitrogens is 1. The van der Waals surface area contributed by atoms with Crippen molar-refractivity contribution in [2.24, 2.45) is 0 Å². The largest absolute Gasteiger partial charge is 0.760 e. The fraction of sp³-hybridized carbons (Fsp3) is 0.444. The predicted molar refractivity (Wildman–Crippen MR) is 141 cm³/mol. The molecule has 2 unspecified atom stereocenters. The molecule has 0 aliphatic heterocycles. The SMILES string of the molecule is CNC(=O)c1c(-c2ccc(C)cc2)oc2nc(CN(CCCC(CC(=O)O)OC)S(=O)[O-])c(C3CC3)cc12. The summed E-state index contributed by atoms with van der Waals surface area (Å²) in [7, 11) is 3.01. The molecular weight excluding hydrogens is 510 g/mol. The van der Waals surface area contributed by atoms with E-state index >= 15 is 0 Å². The molecule has 1 aromatic carbocycles. The number of carbonyl (C=O) groups is 2.